The Morgan fingerprint density at radius 2 is 1.70 bits per heavy atom. The highest BCUT2D eigenvalue weighted by atomic mass is 35.5. The smallest absolute Gasteiger partial charge is 0.213 e. The molecule has 2 aliphatic rings. The number of hydrazone groups is 1. The molecule has 30 heavy (non-hydrogen) atoms. The molecule has 2 aliphatic heterocycles. The second-order valence-electron chi connectivity index (χ2n) is 7.52. The lowest BCUT2D eigenvalue weighted by atomic mass is 9.95. The number of nitrogens with zero attached hydrogens (tertiary/aromatic N) is 2. The van der Waals surface area contributed by atoms with Crippen LogP contribution in [-0.2, 0) is 6.42 Å². The van der Waals surface area contributed by atoms with Crippen LogP contribution in [0.3, 0.4) is 0 Å². The van der Waals surface area contributed by atoms with Gasteiger partial charge in [0.25, 0.3) is 0 Å². The summed E-state index contributed by atoms with van der Waals surface area (Å²) < 4.78 is 6.40. The van der Waals surface area contributed by atoms with E-state index in [-0.39, 0.29) is 12.3 Å². The summed E-state index contributed by atoms with van der Waals surface area (Å²) >= 11 is 18.9. The Morgan fingerprint density at radius 1 is 0.967 bits per heavy atom. The zero-order valence-corrected chi connectivity index (χ0v) is 18.5. The van der Waals surface area contributed by atoms with Gasteiger partial charge in [0.05, 0.1) is 16.8 Å². The maximum absolute atomic E-state index is 6.53. The molecule has 0 aromatic heterocycles. The lowest BCUT2D eigenvalue weighted by Gasteiger charge is -2.38. The van der Waals surface area contributed by atoms with Crippen LogP contribution in [0.2, 0.25) is 15.1 Å². The molecule has 152 valence electrons. The van der Waals surface area contributed by atoms with Gasteiger partial charge >= 0.3 is 0 Å². The number of rotatable bonds is 3. The van der Waals surface area contributed by atoms with Crippen molar-refractivity contribution in [3.63, 3.8) is 0 Å². The highest BCUT2D eigenvalue weighted by Crippen LogP contribution is 2.50. The third-order valence-corrected chi connectivity index (χ3v) is 6.41. The highest BCUT2D eigenvalue weighted by Gasteiger charge is 2.42. The minimum absolute atomic E-state index is 0.00789. The monoisotopic (exact) mass is 456 g/mol. The molecule has 0 bridgehead atoms. The van der Waals surface area contributed by atoms with Crippen molar-refractivity contribution in [3.05, 3.63) is 98.0 Å². The summed E-state index contributed by atoms with van der Waals surface area (Å²) in [5.74, 6) is 0.680. The van der Waals surface area contributed by atoms with Crippen LogP contribution in [0.4, 0.5) is 0 Å². The van der Waals surface area contributed by atoms with Gasteiger partial charge in [-0.2, -0.15) is 5.10 Å². The zero-order chi connectivity index (χ0) is 20.8. The number of benzene rings is 3. The Hall–Kier alpha value is -2.20. The molecule has 2 atom stereocenters. The fourth-order valence-corrected chi connectivity index (χ4v) is 4.75. The molecular formula is C24H19Cl3N2O. The lowest BCUT2D eigenvalue weighted by Crippen LogP contribution is -2.33. The third kappa shape index (κ3) is 3.45. The quantitative estimate of drug-likeness (QED) is 0.408. The normalized spacial score (nSPS) is 19.7. The molecule has 0 amide bonds. The van der Waals surface area contributed by atoms with Crippen LogP contribution >= 0.6 is 34.8 Å². The summed E-state index contributed by atoms with van der Waals surface area (Å²) in [6, 6.07) is 19.9. The van der Waals surface area contributed by atoms with E-state index >= 15 is 0 Å². The second-order valence-corrected chi connectivity index (χ2v) is 8.80. The Kier molecular flexibility index (Phi) is 5.14. The predicted octanol–water partition coefficient (Wildman–Crippen LogP) is 7.45. The molecule has 5 rings (SSSR count). The minimum Gasteiger partial charge on any atom is -0.463 e. The average Bonchev–Trinajstić information content (AvgIpc) is 3.20. The van der Waals surface area contributed by atoms with Crippen molar-refractivity contribution in [1.82, 2.24) is 5.01 Å². The topological polar surface area (TPSA) is 24.8 Å². The zero-order valence-electron chi connectivity index (χ0n) is 16.3. The molecule has 0 aliphatic carbocycles. The number of hydrogen-bond acceptors (Lipinski definition) is 3. The van der Waals surface area contributed by atoms with Crippen molar-refractivity contribution in [1.29, 1.82) is 0 Å². The fraction of sp³-hybridized carbons (Fsp3) is 0.208. The molecule has 0 N–H and O–H groups in total. The first-order valence-corrected chi connectivity index (χ1v) is 11.0. The SMILES string of the molecule is CCc1ccc([C@@H]2Oc3c(Cl)cc(Cl)cc3[C@H]3CC(c4ccc(Cl)cc4)=NN32)cc1. The molecule has 2 heterocycles. The van der Waals surface area contributed by atoms with Gasteiger partial charge in [-0.25, -0.2) is 5.01 Å². The molecule has 6 heteroatoms. The first kappa shape index (κ1) is 19.7. The van der Waals surface area contributed by atoms with E-state index in [2.05, 4.69) is 31.2 Å². The molecule has 0 saturated heterocycles. The van der Waals surface area contributed by atoms with Crippen molar-refractivity contribution in [2.24, 2.45) is 5.10 Å². The lowest BCUT2D eigenvalue weighted by molar-refractivity contribution is -0.0189. The van der Waals surface area contributed by atoms with E-state index in [0.29, 0.717) is 20.8 Å². The van der Waals surface area contributed by atoms with E-state index < -0.39 is 0 Å². The summed E-state index contributed by atoms with van der Waals surface area (Å²) in [7, 11) is 0. The van der Waals surface area contributed by atoms with Gasteiger partial charge in [0.1, 0.15) is 5.75 Å². The van der Waals surface area contributed by atoms with Crippen LogP contribution in [-0.4, -0.2) is 10.7 Å². The molecule has 3 aromatic carbocycles. The standard InChI is InChI=1S/C24H19Cl3N2O/c1-2-14-3-5-16(6-4-14)24-29-22(19-11-18(26)12-20(27)23(19)30-24)13-21(28-29)15-7-9-17(25)10-8-15/h3-12,22,24H,2,13H2,1H3/t22-,24+/m1/s1. The second kappa shape index (κ2) is 7.81. The van der Waals surface area contributed by atoms with E-state index in [0.717, 1.165) is 35.2 Å². The molecule has 0 spiro atoms. The Balaban J connectivity index is 1.60. The largest absolute Gasteiger partial charge is 0.463 e. The summed E-state index contributed by atoms with van der Waals surface area (Å²) in [6.45, 7) is 2.14. The summed E-state index contributed by atoms with van der Waals surface area (Å²) in [6.07, 6.45) is 1.36. The van der Waals surface area contributed by atoms with E-state index in [1.807, 2.05) is 35.3 Å². The summed E-state index contributed by atoms with van der Waals surface area (Å²) in [5, 5.41) is 8.81. The summed E-state index contributed by atoms with van der Waals surface area (Å²) in [5.41, 5.74) is 5.31. The fourth-order valence-electron chi connectivity index (χ4n) is 4.07. The van der Waals surface area contributed by atoms with Gasteiger partial charge in [-0.05, 0) is 41.8 Å². The van der Waals surface area contributed by atoms with Crippen LogP contribution in [0.1, 0.15) is 47.9 Å². The van der Waals surface area contributed by atoms with Crippen molar-refractivity contribution < 1.29 is 4.74 Å². The van der Waals surface area contributed by atoms with E-state index in [1.165, 1.54) is 5.56 Å². The van der Waals surface area contributed by atoms with Gasteiger partial charge in [0.2, 0.25) is 6.23 Å². The number of aryl methyl sites for hydroxylation is 1. The maximum atomic E-state index is 6.53. The first-order chi connectivity index (χ1) is 14.5. The Labute approximate surface area is 190 Å². The minimum atomic E-state index is -0.364. The molecule has 3 nitrogen and oxygen atoms in total. The number of hydrogen-bond donors (Lipinski definition) is 0. The number of halogens is 3. The van der Waals surface area contributed by atoms with Gasteiger partial charge in [0.15, 0.2) is 0 Å². The van der Waals surface area contributed by atoms with E-state index in [9.17, 15) is 0 Å². The Morgan fingerprint density at radius 3 is 2.40 bits per heavy atom. The third-order valence-electron chi connectivity index (χ3n) is 5.66. The van der Waals surface area contributed by atoms with Crippen LogP contribution in [0.5, 0.6) is 5.75 Å². The number of ether oxygens (including phenoxy) is 1. The van der Waals surface area contributed by atoms with Crippen molar-refractivity contribution in [3.8, 4) is 5.75 Å². The molecule has 3 aromatic rings. The van der Waals surface area contributed by atoms with Crippen molar-refractivity contribution in [2.75, 3.05) is 0 Å². The van der Waals surface area contributed by atoms with E-state index in [1.54, 1.807) is 6.07 Å². The van der Waals surface area contributed by atoms with Crippen LogP contribution < -0.4 is 4.74 Å². The van der Waals surface area contributed by atoms with Crippen molar-refractivity contribution in [2.45, 2.75) is 32.0 Å². The van der Waals surface area contributed by atoms with E-state index in [4.69, 9.17) is 44.6 Å². The molecule has 0 saturated carbocycles. The highest BCUT2D eigenvalue weighted by molar-refractivity contribution is 6.35. The molecular weight excluding hydrogens is 439 g/mol. The van der Waals surface area contributed by atoms with Crippen LogP contribution in [0, 0.1) is 0 Å². The van der Waals surface area contributed by atoms with Gasteiger partial charge in [0, 0.05) is 27.6 Å². The first-order valence-electron chi connectivity index (χ1n) is 9.89. The summed E-state index contributed by atoms with van der Waals surface area (Å²) in [4.78, 5) is 0. The maximum Gasteiger partial charge on any atom is 0.213 e. The average molecular weight is 458 g/mol. The van der Waals surface area contributed by atoms with Gasteiger partial charge < -0.3 is 4.74 Å². The number of fused-ring (bicyclic) bond motifs is 3. The molecule has 0 radical (unpaired) electrons. The van der Waals surface area contributed by atoms with Crippen LogP contribution in [0.15, 0.2) is 65.8 Å². The van der Waals surface area contributed by atoms with Gasteiger partial charge in [-0.1, -0.05) is 78.1 Å². The molecule has 0 unspecified atom stereocenters. The van der Waals surface area contributed by atoms with Gasteiger partial charge in [-0.3, -0.25) is 0 Å². The van der Waals surface area contributed by atoms with Crippen molar-refractivity contribution >= 4 is 40.5 Å². The van der Waals surface area contributed by atoms with Crippen LogP contribution in [0.25, 0.3) is 0 Å². The molecule has 0 fully saturated rings. The predicted molar refractivity (Wildman–Crippen MR) is 123 cm³/mol. The Bertz CT molecular complexity index is 1130. The van der Waals surface area contributed by atoms with Gasteiger partial charge in [-0.15, -0.1) is 0 Å².